The summed E-state index contributed by atoms with van der Waals surface area (Å²) in [5.41, 5.74) is 0. The average molecular weight is 265 g/mol. The normalized spacial score (nSPS) is 6.44. The van der Waals surface area contributed by atoms with E-state index in [1.165, 1.54) is 0 Å². The summed E-state index contributed by atoms with van der Waals surface area (Å²) < 4.78 is 31.8. The second-order valence-corrected chi connectivity index (χ2v) is 1.71. The summed E-state index contributed by atoms with van der Waals surface area (Å²) in [6, 6.07) is 0. The van der Waals surface area contributed by atoms with E-state index in [2.05, 4.69) is 0 Å². The van der Waals surface area contributed by atoms with Gasteiger partial charge in [0.2, 0.25) is 0 Å². The van der Waals surface area contributed by atoms with Gasteiger partial charge in [0.25, 0.3) is 0 Å². The molecule has 0 fully saturated rings. The predicted molar refractivity (Wildman–Crippen MR) is 16.6 cm³/mol. The van der Waals surface area contributed by atoms with E-state index in [-0.39, 0.29) is 57.6 Å². The SMILES string of the molecule is O.[Co].[LiH].[Ni].[O]=[Mn](=[O])([OH])[OH]. The summed E-state index contributed by atoms with van der Waals surface area (Å²) in [5, 5.41) is 0. The van der Waals surface area contributed by atoms with E-state index in [1.54, 1.807) is 0 Å². The zero-order chi connectivity index (χ0) is 4.50. The van der Waals surface area contributed by atoms with Gasteiger partial charge in [-0.3, -0.25) is 0 Å². The molecular formula is H5CoLiMnNiO5. The third-order valence-electron chi connectivity index (χ3n) is 0. The molecule has 9 heavy (non-hydrogen) atoms. The first kappa shape index (κ1) is 31.2. The van der Waals surface area contributed by atoms with Crippen molar-refractivity contribution in [1.29, 1.82) is 0 Å². The Morgan fingerprint density at radius 3 is 1.11 bits per heavy atom. The molecule has 1 radical (unpaired) electrons. The van der Waals surface area contributed by atoms with Crippen LogP contribution in [-0.4, -0.2) is 32.7 Å². The molecular weight excluding hydrogens is 260 g/mol. The summed E-state index contributed by atoms with van der Waals surface area (Å²) >= 11 is -5.12. The van der Waals surface area contributed by atoms with Crippen molar-refractivity contribution in [3.8, 4) is 0 Å². The standard InChI is InChI=1S/Co.Li.Mn.Ni.3H2O.2O.H/h;;;;3*1H2;;;/q;;+2;;;;;;;/p-2. The van der Waals surface area contributed by atoms with E-state index in [1.807, 2.05) is 0 Å². The molecule has 0 aliphatic carbocycles. The Morgan fingerprint density at radius 1 is 1.11 bits per heavy atom. The summed E-state index contributed by atoms with van der Waals surface area (Å²) in [6.07, 6.45) is 0. The van der Waals surface area contributed by atoms with Crippen LogP contribution < -0.4 is 0 Å². The van der Waals surface area contributed by atoms with Crippen LogP contribution in [-0.2, 0) is 54.3 Å². The van der Waals surface area contributed by atoms with Crippen molar-refractivity contribution in [3.05, 3.63) is 0 Å². The van der Waals surface area contributed by atoms with Gasteiger partial charge in [0.05, 0.1) is 0 Å². The summed E-state index contributed by atoms with van der Waals surface area (Å²) in [5.74, 6) is 0. The second-order valence-electron chi connectivity index (χ2n) is 0.415. The van der Waals surface area contributed by atoms with Crippen LogP contribution in [0.5, 0.6) is 0 Å². The molecule has 0 saturated heterocycles. The van der Waals surface area contributed by atoms with Crippen molar-refractivity contribution in [2.24, 2.45) is 0 Å². The fourth-order valence-corrected chi connectivity index (χ4v) is 0. The molecule has 9 heteroatoms. The fourth-order valence-electron chi connectivity index (χ4n) is 0. The van der Waals surface area contributed by atoms with Gasteiger partial charge in [-0.15, -0.1) is 0 Å². The van der Waals surface area contributed by atoms with Crippen molar-refractivity contribution < 1.29 is 68.2 Å². The molecule has 0 aliphatic rings. The Bertz CT molecular complexity index is 100. The Hall–Kier alpha value is 1.60. The quantitative estimate of drug-likeness (QED) is 0.460. The van der Waals surface area contributed by atoms with Crippen LogP contribution in [0.4, 0.5) is 0 Å². The zero-order valence-electron chi connectivity index (χ0n) is 3.24. The molecule has 5 nitrogen and oxygen atoms in total. The van der Waals surface area contributed by atoms with E-state index in [4.69, 9.17) is 16.0 Å². The van der Waals surface area contributed by atoms with E-state index in [0.29, 0.717) is 0 Å². The van der Waals surface area contributed by atoms with Gasteiger partial charge in [0.1, 0.15) is 0 Å². The first-order chi connectivity index (χ1) is 2.00. The summed E-state index contributed by atoms with van der Waals surface area (Å²) in [4.78, 5) is 0. The van der Waals surface area contributed by atoms with Crippen molar-refractivity contribution >= 4 is 18.9 Å². The molecule has 0 spiro atoms. The van der Waals surface area contributed by atoms with Gasteiger partial charge < -0.3 is 5.48 Å². The second kappa shape index (κ2) is 12.3. The Morgan fingerprint density at radius 2 is 1.11 bits per heavy atom. The number of hydrogen-bond acceptors (Lipinski definition) is 2. The minimum atomic E-state index is -5.12. The van der Waals surface area contributed by atoms with Gasteiger partial charge in [0.15, 0.2) is 0 Å². The first-order valence-electron chi connectivity index (χ1n) is 0.647. The van der Waals surface area contributed by atoms with Gasteiger partial charge in [-0.05, 0) is 0 Å². The van der Waals surface area contributed by atoms with E-state index in [9.17, 15) is 0 Å². The molecule has 0 unspecified atom stereocenters. The van der Waals surface area contributed by atoms with Crippen LogP contribution in [0.2, 0.25) is 0 Å². The van der Waals surface area contributed by atoms with E-state index >= 15 is 0 Å². The Kier molecular flexibility index (Phi) is 42.5. The van der Waals surface area contributed by atoms with E-state index < -0.39 is 13.4 Å². The molecule has 0 heterocycles. The van der Waals surface area contributed by atoms with Crippen molar-refractivity contribution in [3.63, 3.8) is 0 Å². The maximum atomic E-state index is 8.80. The van der Waals surface area contributed by atoms with Gasteiger partial charge >= 0.3 is 48.3 Å². The minimum absolute atomic E-state index is 0. The topological polar surface area (TPSA) is 106 Å². The van der Waals surface area contributed by atoms with Crippen LogP contribution in [0.3, 0.4) is 0 Å². The van der Waals surface area contributed by atoms with Crippen LogP contribution >= 0.6 is 0 Å². The molecule has 0 rings (SSSR count). The van der Waals surface area contributed by atoms with Gasteiger partial charge in [-0.1, -0.05) is 0 Å². The predicted octanol–water partition coefficient (Wildman–Crippen LogP) is -2.83. The van der Waals surface area contributed by atoms with E-state index in [0.717, 1.165) is 0 Å². The monoisotopic (exact) mass is 264 g/mol. The molecule has 0 atom stereocenters. The summed E-state index contributed by atoms with van der Waals surface area (Å²) in [7, 11) is 0. The first-order valence-corrected chi connectivity index (χ1v) is 2.67. The van der Waals surface area contributed by atoms with Crippen LogP contribution in [0.1, 0.15) is 0 Å². The van der Waals surface area contributed by atoms with Crippen LogP contribution in [0.15, 0.2) is 0 Å². The van der Waals surface area contributed by atoms with Crippen molar-refractivity contribution in [1.82, 2.24) is 0 Å². The molecule has 0 amide bonds. The Balaban J connectivity index is -0.0000000133. The zero-order valence-corrected chi connectivity index (χ0v) is 6.45. The number of hydrogen-bond donors (Lipinski definition) is 2. The molecule has 0 bridgehead atoms. The molecule has 0 aliphatic heterocycles. The van der Waals surface area contributed by atoms with Crippen molar-refractivity contribution in [2.75, 3.05) is 0 Å². The van der Waals surface area contributed by atoms with Gasteiger partial charge in [-0.25, -0.2) is 0 Å². The summed E-state index contributed by atoms with van der Waals surface area (Å²) in [6.45, 7) is 0. The average Bonchev–Trinajstić information content (AvgIpc) is 0.722. The molecule has 0 aromatic rings. The third-order valence-corrected chi connectivity index (χ3v) is 0. The maximum absolute atomic E-state index is 8.80. The van der Waals surface area contributed by atoms with Crippen molar-refractivity contribution in [2.45, 2.75) is 0 Å². The molecule has 0 aromatic heterocycles. The van der Waals surface area contributed by atoms with Crippen LogP contribution in [0.25, 0.3) is 0 Å². The van der Waals surface area contributed by atoms with Crippen LogP contribution in [0, 0.1) is 0 Å². The third kappa shape index (κ3) is 217. The molecule has 0 saturated carbocycles. The molecule has 0 aromatic carbocycles. The molecule has 62 valence electrons. The Labute approximate surface area is 86.5 Å². The van der Waals surface area contributed by atoms with Gasteiger partial charge in [-0.2, -0.15) is 0 Å². The fraction of sp³-hybridized carbons (Fsp3) is 0. The molecule has 4 N–H and O–H groups in total. The van der Waals surface area contributed by atoms with Gasteiger partial charge in [0, 0.05) is 33.3 Å². The number of rotatable bonds is 0.